The van der Waals surface area contributed by atoms with Gasteiger partial charge in [0.2, 0.25) is 0 Å². The van der Waals surface area contributed by atoms with Crippen molar-refractivity contribution in [3.63, 3.8) is 0 Å². The van der Waals surface area contributed by atoms with Crippen LogP contribution in [0.15, 0.2) is 12.3 Å². The summed E-state index contributed by atoms with van der Waals surface area (Å²) in [6, 6.07) is 1.95. The molecule has 0 radical (unpaired) electrons. The van der Waals surface area contributed by atoms with Crippen molar-refractivity contribution < 1.29 is 14.3 Å². The molecule has 0 aliphatic heterocycles. The van der Waals surface area contributed by atoms with Gasteiger partial charge in [0.15, 0.2) is 11.8 Å². The Kier molecular flexibility index (Phi) is 6.23. The molecule has 7 heteroatoms. The molecule has 148 valence electrons. The molecule has 27 heavy (non-hydrogen) atoms. The van der Waals surface area contributed by atoms with Gasteiger partial charge in [-0.2, -0.15) is 5.10 Å². The number of nitrogens with zero attached hydrogens (tertiary/aromatic N) is 4. The van der Waals surface area contributed by atoms with E-state index < -0.39 is 12.1 Å². The Morgan fingerprint density at radius 1 is 1.07 bits per heavy atom. The lowest BCUT2D eigenvalue weighted by Crippen LogP contribution is -2.47. The van der Waals surface area contributed by atoms with Gasteiger partial charge in [-0.1, -0.05) is 0 Å². The maximum Gasteiger partial charge on any atom is 0.340 e. The summed E-state index contributed by atoms with van der Waals surface area (Å²) in [7, 11) is 0. The fourth-order valence-electron chi connectivity index (χ4n) is 3.24. The second kappa shape index (κ2) is 8.06. The molecule has 1 atom stereocenters. The van der Waals surface area contributed by atoms with Crippen LogP contribution >= 0.6 is 0 Å². The summed E-state index contributed by atoms with van der Waals surface area (Å²) in [6.07, 6.45) is 0.822. The number of ether oxygens (including phenoxy) is 1. The molecule has 0 fully saturated rings. The topological polar surface area (TPSA) is 77.3 Å². The molecule has 1 amide bonds. The molecule has 0 spiro atoms. The van der Waals surface area contributed by atoms with Gasteiger partial charge in [0, 0.05) is 23.5 Å². The van der Waals surface area contributed by atoms with Crippen LogP contribution in [0.2, 0.25) is 0 Å². The first-order valence-corrected chi connectivity index (χ1v) is 9.42. The van der Waals surface area contributed by atoms with Crippen LogP contribution in [-0.4, -0.2) is 49.7 Å². The summed E-state index contributed by atoms with van der Waals surface area (Å²) in [5.41, 5.74) is 1.64. The molecule has 2 aromatic heterocycles. The molecule has 2 rings (SSSR count). The summed E-state index contributed by atoms with van der Waals surface area (Å²) >= 11 is 0. The van der Waals surface area contributed by atoms with Crippen LogP contribution in [0, 0.1) is 6.92 Å². The second-order valence-electron chi connectivity index (χ2n) is 7.70. The first-order chi connectivity index (χ1) is 12.5. The first-order valence-electron chi connectivity index (χ1n) is 9.42. The molecule has 2 heterocycles. The van der Waals surface area contributed by atoms with E-state index in [1.54, 1.807) is 31.0 Å². The normalized spacial score (nSPS) is 12.9. The average Bonchev–Trinajstić information content (AvgIpc) is 2.95. The van der Waals surface area contributed by atoms with Crippen molar-refractivity contribution in [2.45, 2.75) is 79.6 Å². The number of fused-ring (bicyclic) bond motifs is 1. The third-order valence-corrected chi connectivity index (χ3v) is 4.47. The Balaban J connectivity index is 2.25. The molecular weight excluding hydrogens is 344 g/mol. The lowest BCUT2D eigenvalue weighted by molar-refractivity contribution is -0.143. The highest BCUT2D eigenvalue weighted by Crippen LogP contribution is 2.20. The number of carbonyl (C=O) groups excluding carboxylic acids is 2. The Bertz CT molecular complexity index is 831. The smallest absolute Gasteiger partial charge is 0.340 e. The molecule has 0 aliphatic rings. The lowest BCUT2D eigenvalue weighted by atomic mass is 10.1. The highest BCUT2D eigenvalue weighted by Gasteiger charge is 2.28. The predicted molar refractivity (Wildman–Crippen MR) is 105 cm³/mol. The fourth-order valence-corrected chi connectivity index (χ4v) is 3.24. The van der Waals surface area contributed by atoms with E-state index in [9.17, 15) is 9.59 Å². The molecule has 0 saturated heterocycles. The third kappa shape index (κ3) is 4.28. The first kappa shape index (κ1) is 20.9. The van der Waals surface area contributed by atoms with Crippen LogP contribution < -0.4 is 0 Å². The predicted octanol–water partition coefficient (Wildman–Crippen LogP) is 3.51. The van der Waals surface area contributed by atoms with E-state index in [2.05, 4.69) is 10.1 Å². The minimum atomic E-state index is -0.865. The molecule has 1 unspecified atom stereocenters. The largest absolute Gasteiger partial charge is 0.449 e. The van der Waals surface area contributed by atoms with E-state index in [1.165, 1.54) is 0 Å². The number of amides is 1. The van der Waals surface area contributed by atoms with Crippen molar-refractivity contribution in [3.8, 4) is 0 Å². The minimum absolute atomic E-state index is 0.0280. The van der Waals surface area contributed by atoms with Gasteiger partial charge in [-0.25, -0.2) is 14.5 Å². The Morgan fingerprint density at radius 2 is 1.67 bits per heavy atom. The quantitative estimate of drug-likeness (QED) is 0.723. The minimum Gasteiger partial charge on any atom is -0.449 e. The van der Waals surface area contributed by atoms with Crippen LogP contribution in [0.3, 0.4) is 0 Å². The highest BCUT2D eigenvalue weighted by atomic mass is 16.5. The van der Waals surface area contributed by atoms with Crippen LogP contribution in [0.1, 0.15) is 70.6 Å². The van der Waals surface area contributed by atoms with E-state index >= 15 is 0 Å². The molecule has 7 nitrogen and oxygen atoms in total. The molecule has 2 aromatic rings. The van der Waals surface area contributed by atoms with Crippen LogP contribution in [0.5, 0.6) is 0 Å². The van der Waals surface area contributed by atoms with E-state index in [0.717, 1.165) is 11.0 Å². The Morgan fingerprint density at radius 3 is 2.19 bits per heavy atom. The summed E-state index contributed by atoms with van der Waals surface area (Å²) in [5, 5.41) is 5.10. The highest BCUT2D eigenvalue weighted by molar-refractivity contribution is 5.96. The zero-order valence-electron chi connectivity index (χ0n) is 17.5. The van der Waals surface area contributed by atoms with Gasteiger partial charge < -0.3 is 9.64 Å². The molecule has 0 saturated carbocycles. The number of pyridine rings is 1. The van der Waals surface area contributed by atoms with Crippen LogP contribution in [0.25, 0.3) is 11.0 Å². The number of hydrogen-bond acceptors (Lipinski definition) is 5. The summed E-state index contributed by atoms with van der Waals surface area (Å²) in [6.45, 7) is 15.2. The number of aryl methyl sites for hydroxylation is 1. The summed E-state index contributed by atoms with van der Waals surface area (Å²) < 4.78 is 7.28. The fraction of sp³-hybridized carbons (Fsp3) is 0.600. The van der Waals surface area contributed by atoms with Crippen molar-refractivity contribution in [1.82, 2.24) is 19.7 Å². The molecule has 0 N–H and O–H groups in total. The lowest BCUT2D eigenvalue weighted by Gasteiger charge is -2.32. The molecule has 0 aliphatic carbocycles. The Hall–Kier alpha value is -2.44. The Labute approximate surface area is 160 Å². The van der Waals surface area contributed by atoms with Crippen LogP contribution in [-0.2, 0) is 9.53 Å². The van der Waals surface area contributed by atoms with Gasteiger partial charge in [0.05, 0.1) is 17.5 Å². The van der Waals surface area contributed by atoms with Gasteiger partial charge in [-0.15, -0.1) is 0 Å². The van der Waals surface area contributed by atoms with Crippen molar-refractivity contribution in [1.29, 1.82) is 0 Å². The number of aromatic nitrogens is 3. The SMILES string of the molecule is Cc1nc2c(cnn2C(C)C)cc1C(=O)OC(C)C(=O)N(C(C)C)C(C)C. The standard InChI is InChI=1S/C20H30N4O3/c1-11(2)23(12(3)4)19(25)15(8)27-20(26)17-9-16-10-21-24(13(5)6)18(16)22-14(17)7/h9-13,15H,1-8H3. The van der Waals surface area contributed by atoms with E-state index in [0.29, 0.717) is 11.3 Å². The van der Waals surface area contributed by atoms with Gasteiger partial charge >= 0.3 is 5.97 Å². The van der Waals surface area contributed by atoms with Crippen molar-refractivity contribution >= 4 is 22.9 Å². The number of rotatable bonds is 6. The molecule has 0 aromatic carbocycles. The third-order valence-electron chi connectivity index (χ3n) is 4.47. The summed E-state index contributed by atoms with van der Waals surface area (Å²) in [5.74, 6) is -0.750. The van der Waals surface area contributed by atoms with Crippen molar-refractivity contribution in [2.24, 2.45) is 0 Å². The van der Waals surface area contributed by atoms with Gasteiger partial charge in [0.1, 0.15) is 0 Å². The number of hydrogen-bond donors (Lipinski definition) is 0. The van der Waals surface area contributed by atoms with Gasteiger partial charge in [0.25, 0.3) is 5.91 Å². The zero-order valence-corrected chi connectivity index (χ0v) is 17.5. The number of carbonyl (C=O) groups is 2. The van der Waals surface area contributed by atoms with Crippen molar-refractivity contribution in [3.05, 3.63) is 23.5 Å². The maximum absolute atomic E-state index is 12.7. The van der Waals surface area contributed by atoms with E-state index in [-0.39, 0.29) is 24.0 Å². The van der Waals surface area contributed by atoms with Gasteiger partial charge in [-0.05, 0) is 61.5 Å². The zero-order chi connectivity index (χ0) is 20.5. The van der Waals surface area contributed by atoms with Crippen LogP contribution in [0.4, 0.5) is 0 Å². The molecule has 0 bridgehead atoms. The van der Waals surface area contributed by atoms with E-state index in [1.807, 2.05) is 46.2 Å². The summed E-state index contributed by atoms with van der Waals surface area (Å²) in [4.78, 5) is 31.6. The van der Waals surface area contributed by atoms with Gasteiger partial charge in [-0.3, -0.25) is 4.79 Å². The van der Waals surface area contributed by atoms with E-state index in [4.69, 9.17) is 4.74 Å². The average molecular weight is 374 g/mol. The molecular formula is C20H30N4O3. The van der Waals surface area contributed by atoms with Crippen molar-refractivity contribution in [2.75, 3.05) is 0 Å². The number of esters is 1. The monoisotopic (exact) mass is 374 g/mol. The maximum atomic E-state index is 12.7. The second-order valence-corrected chi connectivity index (χ2v) is 7.70.